The molecule has 0 radical (unpaired) electrons. The van der Waals surface area contributed by atoms with E-state index in [9.17, 15) is 4.79 Å². The lowest BCUT2D eigenvalue weighted by Gasteiger charge is -2.20. The van der Waals surface area contributed by atoms with Crippen molar-refractivity contribution in [2.45, 2.75) is 38.8 Å². The second-order valence-electron chi connectivity index (χ2n) is 4.64. The van der Waals surface area contributed by atoms with Gasteiger partial charge in [0.05, 0.1) is 25.8 Å². The molecule has 0 saturated carbocycles. The van der Waals surface area contributed by atoms with E-state index in [1.807, 2.05) is 38.1 Å². The average Bonchev–Trinajstić information content (AvgIpc) is 2.50. The zero-order valence-electron chi connectivity index (χ0n) is 12.3. The fourth-order valence-electron chi connectivity index (χ4n) is 1.92. The number of rotatable bonds is 7. The molecule has 20 heavy (non-hydrogen) atoms. The molecule has 0 saturated heterocycles. The molecule has 0 fully saturated rings. The Bertz CT molecular complexity index is 402. The molecule has 1 aromatic rings. The molecule has 0 spiro atoms. The number of aliphatic hydroxyl groups is 1. The van der Waals surface area contributed by atoms with Crippen LogP contribution in [-0.2, 0) is 0 Å². The first-order valence-electron chi connectivity index (χ1n) is 6.96. The number of nitrogens with one attached hydrogen (secondary N) is 2. The van der Waals surface area contributed by atoms with Crippen molar-refractivity contribution < 1.29 is 14.6 Å². The maximum Gasteiger partial charge on any atom is 0.315 e. The number of benzene rings is 1. The Labute approximate surface area is 120 Å². The fourth-order valence-corrected chi connectivity index (χ4v) is 1.92. The number of aliphatic hydroxyl groups excluding tert-OH is 1. The SMILES string of the molecule is CCC(CO)NC(=O)NC(CC)c1ccc(OC)cc1. The van der Waals surface area contributed by atoms with Crippen molar-refractivity contribution in [1.29, 1.82) is 0 Å². The summed E-state index contributed by atoms with van der Waals surface area (Å²) in [4.78, 5) is 11.9. The highest BCUT2D eigenvalue weighted by Gasteiger charge is 2.15. The van der Waals surface area contributed by atoms with Crippen molar-refractivity contribution in [3.05, 3.63) is 29.8 Å². The lowest BCUT2D eigenvalue weighted by Crippen LogP contribution is -2.44. The van der Waals surface area contributed by atoms with Crippen molar-refractivity contribution in [3.8, 4) is 5.75 Å². The molecule has 2 amide bonds. The summed E-state index contributed by atoms with van der Waals surface area (Å²) in [6.45, 7) is 3.88. The van der Waals surface area contributed by atoms with Crippen LogP contribution in [0.15, 0.2) is 24.3 Å². The number of hydrogen-bond acceptors (Lipinski definition) is 3. The summed E-state index contributed by atoms with van der Waals surface area (Å²) >= 11 is 0. The second-order valence-corrected chi connectivity index (χ2v) is 4.64. The Morgan fingerprint density at radius 2 is 1.85 bits per heavy atom. The van der Waals surface area contributed by atoms with Crippen molar-refractivity contribution in [3.63, 3.8) is 0 Å². The molecule has 5 nitrogen and oxygen atoms in total. The lowest BCUT2D eigenvalue weighted by molar-refractivity contribution is 0.211. The first-order valence-corrected chi connectivity index (χ1v) is 6.96. The van der Waals surface area contributed by atoms with Gasteiger partial charge in [-0.15, -0.1) is 0 Å². The molecule has 0 aliphatic carbocycles. The standard InChI is InChI=1S/C15H24N2O3/c1-4-12(10-18)16-15(19)17-14(5-2)11-6-8-13(20-3)9-7-11/h6-9,12,14,18H,4-5,10H2,1-3H3,(H2,16,17,19). The minimum atomic E-state index is -0.256. The lowest BCUT2D eigenvalue weighted by atomic mass is 10.0. The molecule has 0 aromatic heterocycles. The zero-order valence-corrected chi connectivity index (χ0v) is 12.3. The third-order valence-electron chi connectivity index (χ3n) is 3.28. The topological polar surface area (TPSA) is 70.6 Å². The highest BCUT2D eigenvalue weighted by Crippen LogP contribution is 2.19. The van der Waals surface area contributed by atoms with Crippen molar-refractivity contribution >= 4 is 6.03 Å². The molecular weight excluding hydrogens is 256 g/mol. The van der Waals surface area contributed by atoms with Gasteiger partial charge in [-0.3, -0.25) is 0 Å². The Hall–Kier alpha value is -1.75. The van der Waals surface area contributed by atoms with Crippen molar-refractivity contribution in [1.82, 2.24) is 10.6 Å². The van der Waals surface area contributed by atoms with Gasteiger partial charge in [0.1, 0.15) is 5.75 Å². The van der Waals surface area contributed by atoms with Crippen LogP contribution in [0.25, 0.3) is 0 Å². The van der Waals surface area contributed by atoms with E-state index in [0.717, 1.165) is 17.7 Å². The van der Waals surface area contributed by atoms with Crippen LogP contribution in [0, 0.1) is 0 Å². The predicted octanol–water partition coefficient (Wildman–Crippen LogP) is 2.22. The maximum absolute atomic E-state index is 11.9. The third-order valence-corrected chi connectivity index (χ3v) is 3.28. The van der Waals surface area contributed by atoms with Gasteiger partial charge >= 0.3 is 6.03 Å². The molecule has 3 N–H and O–H groups in total. The van der Waals surface area contributed by atoms with E-state index in [2.05, 4.69) is 10.6 Å². The van der Waals surface area contributed by atoms with Gasteiger partial charge in [-0.1, -0.05) is 26.0 Å². The van der Waals surface area contributed by atoms with Crippen LogP contribution < -0.4 is 15.4 Å². The van der Waals surface area contributed by atoms with Crippen LogP contribution in [0.3, 0.4) is 0 Å². The summed E-state index contributed by atoms with van der Waals surface area (Å²) in [6.07, 6.45) is 1.49. The largest absolute Gasteiger partial charge is 0.497 e. The quantitative estimate of drug-likeness (QED) is 0.717. The van der Waals surface area contributed by atoms with E-state index in [4.69, 9.17) is 9.84 Å². The first kappa shape index (κ1) is 16.3. The van der Waals surface area contributed by atoms with Gasteiger partial charge in [-0.2, -0.15) is 0 Å². The smallest absolute Gasteiger partial charge is 0.315 e. The predicted molar refractivity (Wildman–Crippen MR) is 78.9 cm³/mol. The molecule has 1 aromatic carbocycles. The van der Waals surface area contributed by atoms with Crippen molar-refractivity contribution in [2.75, 3.05) is 13.7 Å². The minimum Gasteiger partial charge on any atom is -0.497 e. The monoisotopic (exact) mass is 280 g/mol. The number of amides is 2. The van der Waals surface area contributed by atoms with Crippen LogP contribution in [0.2, 0.25) is 0 Å². The van der Waals surface area contributed by atoms with Crippen LogP contribution in [0.1, 0.15) is 38.3 Å². The summed E-state index contributed by atoms with van der Waals surface area (Å²) in [7, 11) is 1.62. The van der Waals surface area contributed by atoms with Gasteiger partial charge in [0.2, 0.25) is 0 Å². The molecule has 2 atom stereocenters. The maximum atomic E-state index is 11.9. The van der Waals surface area contributed by atoms with E-state index in [1.165, 1.54) is 0 Å². The summed E-state index contributed by atoms with van der Waals surface area (Å²) in [6, 6.07) is 7.11. The molecular formula is C15H24N2O3. The highest BCUT2D eigenvalue weighted by molar-refractivity contribution is 5.74. The normalized spacial score (nSPS) is 13.4. The summed E-state index contributed by atoms with van der Waals surface area (Å²) in [5.41, 5.74) is 1.03. The van der Waals surface area contributed by atoms with Gasteiger partial charge in [0.15, 0.2) is 0 Å². The number of ether oxygens (including phenoxy) is 1. The van der Waals surface area contributed by atoms with E-state index >= 15 is 0 Å². The van der Waals surface area contributed by atoms with Gasteiger partial charge in [-0.25, -0.2) is 4.79 Å². The fraction of sp³-hybridized carbons (Fsp3) is 0.533. The molecule has 0 heterocycles. The van der Waals surface area contributed by atoms with Gasteiger partial charge in [-0.05, 0) is 30.5 Å². The summed E-state index contributed by atoms with van der Waals surface area (Å²) < 4.78 is 5.12. The van der Waals surface area contributed by atoms with Crippen LogP contribution in [-0.4, -0.2) is 30.9 Å². The molecule has 0 aliphatic rings. The van der Waals surface area contributed by atoms with Gasteiger partial charge in [0, 0.05) is 0 Å². The number of methoxy groups -OCH3 is 1. The summed E-state index contributed by atoms with van der Waals surface area (Å²) in [5.74, 6) is 0.791. The van der Waals surface area contributed by atoms with E-state index in [0.29, 0.717) is 6.42 Å². The van der Waals surface area contributed by atoms with E-state index < -0.39 is 0 Å². The first-order chi connectivity index (χ1) is 9.64. The van der Waals surface area contributed by atoms with Crippen LogP contribution >= 0.6 is 0 Å². The highest BCUT2D eigenvalue weighted by atomic mass is 16.5. The molecule has 0 aliphatic heterocycles. The molecule has 5 heteroatoms. The second kappa shape index (κ2) is 8.43. The average molecular weight is 280 g/mol. The Morgan fingerprint density at radius 1 is 1.20 bits per heavy atom. The van der Waals surface area contributed by atoms with Gasteiger partial charge in [0.25, 0.3) is 0 Å². The minimum absolute atomic E-state index is 0.0523. The van der Waals surface area contributed by atoms with Crippen LogP contribution in [0.4, 0.5) is 4.79 Å². The van der Waals surface area contributed by atoms with Crippen molar-refractivity contribution in [2.24, 2.45) is 0 Å². The zero-order chi connectivity index (χ0) is 15.0. The van der Waals surface area contributed by atoms with Gasteiger partial charge < -0.3 is 20.5 Å². The third kappa shape index (κ3) is 4.74. The molecule has 2 unspecified atom stereocenters. The molecule has 0 bridgehead atoms. The number of carbonyl (C=O) groups excluding carboxylic acids is 1. The molecule has 112 valence electrons. The number of hydrogen-bond donors (Lipinski definition) is 3. The summed E-state index contributed by atoms with van der Waals surface area (Å²) in [5, 5.41) is 14.8. The number of urea groups is 1. The molecule has 1 rings (SSSR count). The number of carbonyl (C=O) groups is 1. The van der Waals surface area contributed by atoms with Crippen LogP contribution in [0.5, 0.6) is 5.75 Å². The Balaban J connectivity index is 2.63. The Kier molecular flexibility index (Phi) is 6.87. The van der Waals surface area contributed by atoms with E-state index in [1.54, 1.807) is 7.11 Å². The van der Waals surface area contributed by atoms with E-state index in [-0.39, 0.29) is 24.7 Å². The Morgan fingerprint density at radius 3 is 2.30 bits per heavy atom.